The normalized spacial score (nSPS) is 17.6. The van der Waals surface area contributed by atoms with Crippen molar-refractivity contribution in [1.82, 2.24) is 20.1 Å². The van der Waals surface area contributed by atoms with Gasteiger partial charge in [-0.05, 0) is 42.0 Å². The van der Waals surface area contributed by atoms with E-state index in [1.54, 1.807) is 42.2 Å². The molecule has 1 amide bonds. The lowest BCUT2D eigenvalue weighted by Gasteiger charge is -2.39. The van der Waals surface area contributed by atoms with E-state index >= 15 is 0 Å². The van der Waals surface area contributed by atoms with Gasteiger partial charge in [0.05, 0.1) is 12.1 Å². The van der Waals surface area contributed by atoms with E-state index in [1.807, 2.05) is 12.3 Å². The highest BCUT2D eigenvalue weighted by molar-refractivity contribution is 5.98. The molecule has 0 spiro atoms. The molecule has 34 heavy (non-hydrogen) atoms. The molecule has 0 radical (unpaired) electrons. The van der Waals surface area contributed by atoms with Crippen LogP contribution in [0.3, 0.4) is 0 Å². The molecule has 4 aromatic rings. The maximum Gasteiger partial charge on any atom is 0.573 e. The van der Waals surface area contributed by atoms with Crippen molar-refractivity contribution in [1.29, 1.82) is 0 Å². The van der Waals surface area contributed by atoms with Gasteiger partial charge in [0.15, 0.2) is 0 Å². The lowest BCUT2D eigenvalue weighted by Crippen LogP contribution is -2.50. The minimum Gasteiger partial charge on any atom is -0.491 e. The molecule has 1 unspecified atom stereocenters. The molecule has 174 valence electrons. The fourth-order valence-corrected chi connectivity index (χ4v) is 4.22. The average molecular weight is 468 g/mol. The number of nitrogens with zero attached hydrogens (tertiary/aromatic N) is 3. The van der Waals surface area contributed by atoms with Crippen LogP contribution in [0.4, 0.5) is 13.2 Å². The van der Waals surface area contributed by atoms with Crippen LogP contribution in [0.2, 0.25) is 0 Å². The molecule has 1 aliphatic heterocycles. The molecule has 1 aliphatic rings. The average Bonchev–Trinajstić information content (AvgIpc) is 3.18. The van der Waals surface area contributed by atoms with Gasteiger partial charge in [-0.1, -0.05) is 18.2 Å². The number of ether oxygens (including phenoxy) is 2. The van der Waals surface area contributed by atoms with Crippen LogP contribution in [0.15, 0.2) is 67.0 Å². The summed E-state index contributed by atoms with van der Waals surface area (Å²) in [6, 6.07) is 14.1. The molecule has 10 heteroatoms. The van der Waals surface area contributed by atoms with Gasteiger partial charge in [-0.3, -0.25) is 14.5 Å². The van der Waals surface area contributed by atoms with Crippen LogP contribution in [0, 0.1) is 0 Å². The third-order valence-corrected chi connectivity index (χ3v) is 5.70. The fourth-order valence-electron chi connectivity index (χ4n) is 4.22. The number of pyridine rings is 1. The number of nitrogens with one attached hydrogen (secondary N) is 1. The lowest BCUT2D eigenvalue weighted by molar-refractivity contribution is -0.274. The Morgan fingerprint density at radius 2 is 1.97 bits per heavy atom. The van der Waals surface area contributed by atoms with Gasteiger partial charge in [0.1, 0.15) is 22.7 Å². The number of hydrogen-bond acceptors (Lipinski definition) is 5. The van der Waals surface area contributed by atoms with Crippen molar-refractivity contribution in [3.8, 4) is 11.5 Å². The van der Waals surface area contributed by atoms with Crippen molar-refractivity contribution in [3.63, 3.8) is 0 Å². The number of aromatic nitrogens is 3. The molecule has 1 N–H and O–H groups in total. The third-order valence-electron chi connectivity index (χ3n) is 5.70. The number of hydrogen-bond donors (Lipinski definition) is 1. The summed E-state index contributed by atoms with van der Waals surface area (Å²) >= 11 is 0. The van der Waals surface area contributed by atoms with Gasteiger partial charge >= 0.3 is 6.36 Å². The standard InChI is InChI=1S/C24H19F3N4O3/c1-31-14-16-5-4-15(13-19(16)30-31)22(32)29-23(10-12-33-20-3-2-11-28-21(20)23)17-6-8-18(9-7-17)34-24(25,26)27/h2-9,11,13-14H,10,12H2,1H3,(H,29,32). The zero-order valence-corrected chi connectivity index (χ0v) is 18.0. The molecule has 5 rings (SSSR count). The van der Waals surface area contributed by atoms with Gasteiger partial charge in [0.2, 0.25) is 0 Å². The Labute approximate surface area is 192 Å². The number of aryl methyl sites for hydroxylation is 1. The molecule has 0 bridgehead atoms. The highest BCUT2D eigenvalue weighted by Crippen LogP contribution is 2.41. The second-order valence-corrected chi connectivity index (χ2v) is 7.96. The van der Waals surface area contributed by atoms with E-state index in [9.17, 15) is 18.0 Å². The van der Waals surface area contributed by atoms with Gasteiger partial charge in [0.25, 0.3) is 5.91 Å². The van der Waals surface area contributed by atoms with E-state index in [-0.39, 0.29) is 18.3 Å². The number of carbonyl (C=O) groups is 1. The van der Waals surface area contributed by atoms with Crippen LogP contribution in [0.5, 0.6) is 11.5 Å². The molecule has 2 aromatic carbocycles. The Balaban J connectivity index is 1.56. The summed E-state index contributed by atoms with van der Waals surface area (Å²) in [4.78, 5) is 17.9. The van der Waals surface area contributed by atoms with E-state index in [2.05, 4.69) is 20.1 Å². The Hall–Kier alpha value is -4.08. The highest BCUT2D eigenvalue weighted by Gasteiger charge is 2.43. The summed E-state index contributed by atoms with van der Waals surface area (Å²) < 4.78 is 49.3. The van der Waals surface area contributed by atoms with Gasteiger partial charge in [-0.2, -0.15) is 5.10 Å². The van der Waals surface area contributed by atoms with Crippen LogP contribution < -0.4 is 14.8 Å². The number of halogens is 3. The predicted octanol–water partition coefficient (Wildman–Crippen LogP) is 4.32. The van der Waals surface area contributed by atoms with Gasteiger partial charge in [-0.15, -0.1) is 13.2 Å². The molecular weight excluding hydrogens is 449 g/mol. The minimum absolute atomic E-state index is 0.277. The van der Waals surface area contributed by atoms with Crippen molar-refractivity contribution in [2.24, 2.45) is 7.05 Å². The molecule has 3 heterocycles. The van der Waals surface area contributed by atoms with E-state index < -0.39 is 11.9 Å². The van der Waals surface area contributed by atoms with Crippen LogP contribution >= 0.6 is 0 Å². The number of carbonyl (C=O) groups excluding carboxylic acids is 1. The molecule has 0 fully saturated rings. The molecule has 2 aromatic heterocycles. The summed E-state index contributed by atoms with van der Waals surface area (Å²) in [5, 5.41) is 8.33. The number of amides is 1. The number of benzene rings is 2. The molecule has 1 atom stereocenters. The Morgan fingerprint density at radius 3 is 2.74 bits per heavy atom. The highest BCUT2D eigenvalue weighted by atomic mass is 19.4. The maximum atomic E-state index is 13.4. The smallest absolute Gasteiger partial charge is 0.491 e. The predicted molar refractivity (Wildman–Crippen MR) is 116 cm³/mol. The lowest BCUT2D eigenvalue weighted by atomic mass is 9.81. The van der Waals surface area contributed by atoms with Crippen molar-refractivity contribution >= 4 is 16.8 Å². The van der Waals surface area contributed by atoms with Gasteiger partial charge in [0, 0.05) is 36.8 Å². The minimum atomic E-state index is -4.80. The molecule has 0 saturated carbocycles. The second-order valence-electron chi connectivity index (χ2n) is 7.96. The van der Waals surface area contributed by atoms with Crippen molar-refractivity contribution in [2.75, 3.05) is 6.61 Å². The number of rotatable bonds is 4. The van der Waals surface area contributed by atoms with Crippen LogP contribution in [-0.4, -0.2) is 33.6 Å². The SMILES string of the molecule is Cn1cc2ccc(C(=O)NC3(c4ccc(OC(F)(F)F)cc4)CCOc4cccnc43)cc2n1. The number of fused-ring (bicyclic) bond motifs is 2. The first-order valence-electron chi connectivity index (χ1n) is 10.4. The molecule has 0 aliphatic carbocycles. The first kappa shape index (κ1) is 21.7. The van der Waals surface area contributed by atoms with E-state index in [1.165, 1.54) is 24.3 Å². The maximum absolute atomic E-state index is 13.4. The number of alkyl halides is 3. The fraction of sp³-hybridized carbons (Fsp3) is 0.208. The van der Waals surface area contributed by atoms with Crippen LogP contribution in [0.1, 0.15) is 28.0 Å². The van der Waals surface area contributed by atoms with Crippen molar-refractivity contribution < 1.29 is 27.4 Å². The van der Waals surface area contributed by atoms with E-state index in [4.69, 9.17) is 4.74 Å². The van der Waals surface area contributed by atoms with E-state index in [0.717, 1.165) is 5.39 Å². The molecular formula is C24H19F3N4O3. The first-order valence-corrected chi connectivity index (χ1v) is 10.4. The Morgan fingerprint density at radius 1 is 1.18 bits per heavy atom. The Kier molecular flexibility index (Phi) is 5.15. The zero-order valence-electron chi connectivity index (χ0n) is 18.0. The van der Waals surface area contributed by atoms with E-state index in [0.29, 0.717) is 34.5 Å². The largest absolute Gasteiger partial charge is 0.573 e. The Bertz CT molecular complexity index is 1370. The summed E-state index contributed by atoms with van der Waals surface area (Å²) in [6.45, 7) is 0.277. The molecule has 0 saturated heterocycles. The van der Waals surface area contributed by atoms with Crippen LogP contribution in [-0.2, 0) is 12.6 Å². The van der Waals surface area contributed by atoms with Crippen LogP contribution in [0.25, 0.3) is 10.9 Å². The zero-order chi connectivity index (χ0) is 23.9. The summed E-state index contributed by atoms with van der Waals surface area (Å²) in [5.74, 6) is -0.238. The van der Waals surface area contributed by atoms with Crippen molar-refractivity contribution in [3.05, 3.63) is 83.8 Å². The quantitative estimate of drug-likeness (QED) is 0.483. The summed E-state index contributed by atoms with van der Waals surface area (Å²) in [6.07, 6.45) is -1.05. The van der Waals surface area contributed by atoms with Gasteiger partial charge in [-0.25, -0.2) is 0 Å². The second kappa shape index (κ2) is 8.05. The first-order chi connectivity index (χ1) is 16.2. The molecule has 7 nitrogen and oxygen atoms in total. The topological polar surface area (TPSA) is 78.3 Å². The summed E-state index contributed by atoms with van der Waals surface area (Å²) in [7, 11) is 1.80. The third kappa shape index (κ3) is 4.02. The monoisotopic (exact) mass is 468 g/mol. The van der Waals surface area contributed by atoms with Crippen molar-refractivity contribution in [2.45, 2.75) is 18.3 Å². The van der Waals surface area contributed by atoms with Gasteiger partial charge < -0.3 is 14.8 Å². The summed E-state index contributed by atoms with van der Waals surface area (Å²) in [5.41, 5.74) is 0.965.